The summed E-state index contributed by atoms with van der Waals surface area (Å²) in [5.74, 6) is 0.304. The maximum absolute atomic E-state index is 13.0. The molecule has 0 spiro atoms. The molecule has 1 fully saturated rings. The molecular formula is C19H30ClN3O2S. The second-order valence-corrected chi connectivity index (χ2v) is 8.63. The lowest BCUT2D eigenvalue weighted by Crippen LogP contribution is -2.54. The fourth-order valence-corrected chi connectivity index (χ4v) is 3.85. The number of thioether (sulfide) groups is 1. The van der Waals surface area contributed by atoms with Crippen molar-refractivity contribution in [1.82, 2.24) is 10.2 Å². The van der Waals surface area contributed by atoms with E-state index in [-0.39, 0.29) is 41.7 Å². The number of amides is 2. The zero-order chi connectivity index (χ0) is 18.6. The molecule has 5 nitrogen and oxygen atoms in total. The van der Waals surface area contributed by atoms with Crippen molar-refractivity contribution >= 4 is 36.0 Å². The molecule has 3 N–H and O–H groups in total. The van der Waals surface area contributed by atoms with Gasteiger partial charge >= 0.3 is 0 Å². The molecule has 2 rings (SSSR count). The van der Waals surface area contributed by atoms with E-state index < -0.39 is 0 Å². The summed E-state index contributed by atoms with van der Waals surface area (Å²) < 4.78 is 0. The Morgan fingerprint density at radius 2 is 2.00 bits per heavy atom. The number of nitrogens with one attached hydrogen (secondary N) is 1. The molecule has 1 aromatic carbocycles. The molecule has 2 amide bonds. The minimum absolute atomic E-state index is 0. The summed E-state index contributed by atoms with van der Waals surface area (Å²) in [6.45, 7) is 9.41. The quantitative estimate of drug-likeness (QED) is 0.746. The Labute approximate surface area is 166 Å². The van der Waals surface area contributed by atoms with Crippen molar-refractivity contribution in [3.8, 4) is 0 Å². The van der Waals surface area contributed by atoms with E-state index in [1.807, 2.05) is 43.0 Å². The number of carbonyl (C=O) groups excluding carboxylic acids is 2. The van der Waals surface area contributed by atoms with E-state index in [1.54, 1.807) is 0 Å². The van der Waals surface area contributed by atoms with Crippen LogP contribution in [0, 0.1) is 5.41 Å². The highest BCUT2D eigenvalue weighted by molar-refractivity contribution is 8.00. The van der Waals surface area contributed by atoms with E-state index in [9.17, 15) is 9.59 Å². The minimum atomic E-state index is -0.0901. The molecule has 1 aromatic rings. The molecule has 0 bridgehead atoms. The third kappa shape index (κ3) is 5.89. The SMILES string of the molecule is CC(C)NC(=O)CSc1ccccc1C(=O)N1CCC(N)C(C)(C)C1.Cl. The van der Waals surface area contributed by atoms with Gasteiger partial charge in [-0.3, -0.25) is 9.59 Å². The van der Waals surface area contributed by atoms with Gasteiger partial charge in [-0.1, -0.05) is 26.0 Å². The van der Waals surface area contributed by atoms with Gasteiger partial charge in [0.1, 0.15) is 0 Å². The summed E-state index contributed by atoms with van der Waals surface area (Å²) in [5.41, 5.74) is 6.75. The molecule has 1 atom stereocenters. The molecule has 1 aliphatic rings. The van der Waals surface area contributed by atoms with E-state index in [0.717, 1.165) is 11.3 Å². The maximum Gasteiger partial charge on any atom is 0.255 e. The number of nitrogens with two attached hydrogens (primary N) is 1. The second-order valence-electron chi connectivity index (χ2n) is 7.62. The lowest BCUT2D eigenvalue weighted by Gasteiger charge is -2.42. The van der Waals surface area contributed by atoms with Crippen LogP contribution in [0.1, 0.15) is 44.5 Å². The van der Waals surface area contributed by atoms with Gasteiger partial charge in [0.2, 0.25) is 5.91 Å². The molecule has 146 valence electrons. The Balaban J connectivity index is 0.00000338. The molecular weight excluding hydrogens is 370 g/mol. The zero-order valence-corrected chi connectivity index (χ0v) is 17.6. The number of rotatable bonds is 5. The van der Waals surface area contributed by atoms with Crippen molar-refractivity contribution in [3.05, 3.63) is 29.8 Å². The fourth-order valence-electron chi connectivity index (χ4n) is 2.99. The van der Waals surface area contributed by atoms with E-state index in [0.29, 0.717) is 24.4 Å². The largest absolute Gasteiger partial charge is 0.353 e. The Morgan fingerprint density at radius 3 is 2.62 bits per heavy atom. The van der Waals surface area contributed by atoms with Gasteiger partial charge < -0.3 is 16.0 Å². The molecule has 0 saturated carbocycles. The van der Waals surface area contributed by atoms with Crippen LogP contribution in [0.4, 0.5) is 0 Å². The smallest absolute Gasteiger partial charge is 0.255 e. The first-order valence-corrected chi connectivity index (χ1v) is 9.75. The number of hydrogen-bond donors (Lipinski definition) is 2. The van der Waals surface area contributed by atoms with Crippen molar-refractivity contribution in [1.29, 1.82) is 0 Å². The van der Waals surface area contributed by atoms with Gasteiger partial charge in [0.05, 0.1) is 11.3 Å². The molecule has 7 heteroatoms. The first kappa shape index (κ1) is 22.8. The first-order valence-electron chi connectivity index (χ1n) is 8.77. The van der Waals surface area contributed by atoms with Crippen LogP contribution in [0.3, 0.4) is 0 Å². The van der Waals surface area contributed by atoms with Crippen LogP contribution < -0.4 is 11.1 Å². The number of piperidine rings is 1. The van der Waals surface area contributed by atoms with Gasteiger partial charge in [-0.05, 0) is 37.8 Å². The van der Waals surface area contributed by atoms with E-state index in [2.05, 4.69) is 19.2 Å². The Morgan fingerprint density at radius 1 is 1.35 bits per heavy atom. The van der Waals surface area contributed by atoms with Crippen LogP contribution >= 0.6 is 24.2 Å². The van der Waals surface area contributed by atoms with Crippen molar-refractivity contribution in [3.63, 3.8) is 0 Å². The molecule has 1 saturated heterocycles. The summed E-state index contributed by atoms with van der Waals surface area (Å²) in [5, 5.41) is 2.87. The van der Waals surface area contributed by atoms with Gasteiger partial charge in [-0.15, -0.1) is 24.2 Å². The zero-order valence-electron chi connectivity index (χ0n) is 16.0. The van der Waals surface area contributed by atoms with E-state index in [4.69, 9.17) is 5.73 Å². The highest BCUT2D eigenvalue weighted by atomic mass is 35.5. The lowest BCUT2D eigenvalue weighted by molar-refractivity contribution is -0.119. The number of carbonyl (C=O) groups is 2. The summed E-state index contributed by atoms with van der Waals surface area (Å²) in [7, 11) is 0. The molecule has 1 heterocycles. The normalized spacial score (nSPS) is 19.0. The summed E-state index contributed by atoms with van der Waals surface area (Å²) >= 11 is 1.41. The van der Waals surface area contributed by atoms with Crippen LogP contribution in [0.5, 0.6) is 0 Å². The predicted octanol–water partition coefficient (Wildman–Crippen LogP) is 2.92. The van der Waals surface area contributed by atoms with Crippen molar-refractivity contribution in [2.45, 2.75) is 51.1 Å². The second kappa shape index (κ2) is 9.62. The first-order chi connectivity index (χ1) is 11.7. The van der Waals surface area contributed by atoms with Gasteiger partial charge in [0, 0.05) is 30.1 Å². The van der Waals surface area contributed by atoms with E-state index in [1.165, 1.54) is 11.8 Å². The summed E-state index contributed by atoms with van der Waals surface area (Å²) in [6, 6.07) is 7.74. The number of likely N-dealkylation sites (tertiary alicyclic amines) is 1. The number of halogens is 1. The Kier molecular flexibility index (Phi) is 8.44. The number of benzene rings is 1. The van der Waals surface area contributed by atoms with Gasteiger partial charge in [-0.2, -0.15) is 0 Å². The fraction of sp³-hybridized carbons (Fsp3) is 0.579. The lowest BCUT2D eigenvalue weighted by atomic mass is 9.79. The van der Waals surface area contributed by atoms with Crippen LogP contribution in [-0.4, -0.2) is 47.6 Å². The predicted molar refractivity (Wildman–Crippen MR) is 110 cm³/mol. The molecule has 1 unspecified atom stereocenters. The van der Waals surface area contributed by atoms with Crippen LogP contribution in [0.2, 0.25) is 0 Å². The Hall–Kier alpha value is -1.24. The van der Waals surface area contributed by atoms with Crippen molar-refractivity contribution in [2.24, 2.45) is 11.1 Å². The van der Waals surface area contributed by atoms with Crippen LogP contribution in [0.15, 0.2) is 29.2 Å². The third-order valence-electron chi connectivity index (χ3n) is 4.53. The molecule has 1 aliphatic heterocycles. The molecule has 0 aromatic heterocycles. The van der Waals surface area contributed by atoms with Crippen molar-refractivity contribution < 1.29 is 9.59 Å². The maximum atomic E-state index is 13.0. The standard InChI is InChI=1S/C19H29N3O2S.ClH/c1-13(2)21-17(23)11-25-15-8-6-5-7-14(15)18(24)22-10-9-16(20)19(3,4)12-22;/h5-8,13,16H,9-12,20H2,1-4H3,(H,21,23);1H. The minimum Gasteiger partial charge on any atom is -0.353 e. The topological polar surface area (TPSA) is 75.4 Å². The van der Waals surface area contributed by atoms with Crippen LogP contribution in [0.25, 0.3) is 0 Å². The third-order valence-corrected chi connectivity index (χ3v) is 5.60. The van der Waals surface area contributed by atoms with Gasteiger partial charge in [0.15, 0.2) is 0 Å². The average molecular weight is 400 g/mol. The molecule has 0 radical (unpaired) electrons. The summed E-state index contributed by atoms with van der Waals surface area (Å²) in [4.78, 5) is 27.6. The monoisotopic (exact) mass is 399 g/mol. The molecule has 26 heavy (non-hydrogen) atoms. The summed E-state index contributed by atoms with van der Waals surface area (Å²) in [6.07, 6.45) is 0.810. The van der Waals surface area contributed by atoms with Crippen molar-refractivity contribution in [2.75, 3.05) is 18.8 Å². The molecule has 0 aliphatic carbocycles. The van der Waals surface area contributed by atoms with Gasteiger partial charge in [-0.25, -0.2) is 0 Å². The average Bonchev–Trinajstić information content (AvgIpc) is 2.54. The Bertz CT molecular complexity index is 637. The number of nitrogens with zero attached hydrogens (tertiary/aromatic N) is 1. The van der Waals surface area contributed by atoms with E-state index >= 15 is 0 Å². The highest BCUT2D eigenvalue weighted by Crippen LogP contribution is 2.30. The van der Waals surface area contributed by atoms with Gasteiger partial charge in [0.25, 0.3) is 5.91 Å². The number of hydrogen-bond acceptors (Lipinski definition) is 4. The highest BCUT2D eigenvalue weighted by Gasteiger charge is 2.36. The van der Waals surface area contributed by atoms with Crippen LogP contribution in [-0.2, 0) is 4.79 Å².